The van der Waals surface area contributed by atoms with Crippen LogP contribution in [0.25, 0.3) is 0 Å². The van der Waals surface area contributed by atoms with Gasteiger partial charge in [0, 0.05) is 17.6 Å². The number of hydrogen-bond acceptors (Lipinski definition) is 4. The van der Waals surface area contributed by atoms with E-state index in [1.807, 2.05) is 19.9 Å². The van der Waals surface area contributed by atoms with Gasteiger partial charge in [-0.25, -0.2) is 8.42 Å². The number of anilines is 1. The van der Waals surface area contributed by atoms with Crippen molar-refractivity contribution < 1.29 is 18.0 Å². The second-order valence-electron chi connectivity index (χ2n) is 9.13. The molecule has 0 bridgehead atoms. The van der Waals surface area contributed by atoms with Crippen molar-refractivity contribution >= 4 is 39.1 Å². The van der Waals surface area contributed by atoms with E-state index in [9.17, 15) is 18.0 Å². The first kappa shape index (κ1) is 27.0. The third-order valence-corrected chi connectivity index (χ3v) is 7.90. The van der Waals surface area contributed by atoms with E-state index in [4.69, 9.17) is 11.6 Å². The van der Waals surface area contributed by atoms with Gasteiger partial charge in [-0.15, -0.1) is 0 Å². The quantitative estimate of drug-likeness (QED) is 0.507. The molecule has 2 aromatic carbocycles. The second-order valence-corrected chi connectivity index (χ2v) is 11.4. The Kier molecular flexibility index (Phi) is 9.19. The molecule has 0 radical (unpaired) electrons. The molecule has 1 N–H and O–H groups in total. The molecule has 2 aromatic rings. The molecule has 0 aliphatic heterocycles. The monoisotopic (exact) mass is 519 g/mol. The Balaban J connectivity index is 1.92. The molecule has 7 nitrogen and oxygen atoms in total. The van der Waals surface area contributed by atoms with Crippen molar-refractivity contribution in [3.05, 3.63) is 64.7 Å². The number of carbonyl (C=O) groups excluding carboxylic acids is 2. The molecular formula is C26H34ClN3O4S. The lowest BCUT2D eigenvalue weighted by molar-refractivity contribution is -0.140. The van der Waals surface area contributed by atoms with Gasteiger partial charge >= 0.3 is 0 Å². The van der Waals surface area contributed by atoms with Crippen molar-refractivity contribution in [2.24, 2.45) is 0 Å². The van der Waals surface area contributed by atoms with Crippen LogP contribution in [-0.2, 0) is 26.2 Å². The van der Waals surface area contributed by atoms with Crippen LogP contribution < -0.4 is 9.62 Å². The number of nitrogens with one attached hydrogen (secondary N) is 1. The van der Waals surface area contributed by atoms with Crippen LogP contribution in [0.4, 0.5) is 5.69 Å². The molecule has 1 aliphatic rings. The first-order valence-corrected chi connectivity index (χ1v) is 14.2. The first-order chi connectivity index (χ1) is 16.6. The van der Waals surface area contributed by atoms with Gasteiger partial charge in [0.2, 0.25) is 21.8 Å². The molecule has 0 heterocycles. The van der Waals surface area contributed by atoms with Crippen LogP contribution >= 0.6 is 11.6 Å². The minimum absolute atomic E-state index is 0.0978. The van der Waals surface area contributed by atoms with Crippen molar-refractivity contribution in [1.29, 1.82) is 0 Å². The summed E-state index contributed by atoms with van der Waals surface area (Å²) in [5.74, 6) is -0.689. The third-order valence-electron chi connectivity index (χ3n) is 6.39. The summed E-state index contributed by atoms with van der Waals surface area (Å²) in [6.45, 7) is 3.43. The number of amides is 2. The average Bonchev–Trinajstić information content (AvgIpc) is 3.31. The summed E-state index contributed by atoms with van der Waals surface area (Å²) >= 11 is 6.38. The molecule has 0 spiro atoms. The molecule has 190 valence electrons. The van der Waals surface area contributed by atoms with E-state index in [0.717, 1.165) is 41.8 Å². The minimum atomic E-state index is -3.75. The molecule has 9 heteroatoms. The first-order valence-electron chi connectivity index (χ1n) is 12.0. The van der Waals surface area contributed by atoms with E-state index >= 15 is 0 Å². The summed E-state index contributed by atoms with van der Waals surface area (Å²) in [4.78, 5) is 28.4. The molecule has 1 atom stereocenters. The molecule has 35 heavy (non-hydrogen) atoms. The van der Waals surface area contributed by atoms with Gasteiger partial charge in [-0.05, 0) is 49.9 Å². The molecular weight excluding hydrogens is 486 g/mol. The Morgan fingerprint density at radius 2 is 1.71 bits per heavy atom. The highest BCUT2D eigenvalue weighted by Crippen LogP contribution is 2.23. The van der Waals surface area contributed by atoms with Crippen LogP contribution in [0.3, 0.4) is 0 Å². The smallest absolute Gasteiger partial charge is 0.244 e. The van der Waals surface area contributed by atoms with E-state index in [1.54, 1.807) is 42.5 Å². The van der Waals surface area contributed by atoms with Gasteiger partial charge in [0.1, 0.15) is 12.6 Å². The summed E-state index contributed by atoms with van der Waals surface area (Å²) < 4.78 is 26.4. The highest BCUT2D eigenvalue weighted by molar-refractivity contribution is 7.92. The standard InChI is InChI=1S/C26H34ClN3O4S/c1-4-24(26(32)28-21-10-6-7-11-21)29(17-20-9-5-8-12-23(20)27)25(31)18-30(35(3,33)34)22-15-13-19(2)14-16-22/h5,8-9,12-16,21,24H,4,6-7,10-11,17-18H2,1-3H3,(H,28,32)/t24-/m0/s1. The maximum absolute atomic E-state index is 13.7. The van der Waals surface area contributed by atoms with Gasteiger partial charge in [0.05, 0.1) is 11.9 Å². The normalized spacial score (nSPS) is 15.0. The zero-order chi connectivity index (χ0) is 25.6. The Bertz CT molecular complexity index is 1130. The summed E-state index contributed by atoms with van der Waals surface area (Å²) in [6.07, 6.45) is 5.46. The SMILES string of the molecule is CC[C@@H](C(=O)NC1CCCC1)N(Cc1ccccc1Cl)C(=O)CN(c1ccc(C)cc1)S(C)(=O)=O. The van der Waals surface area contributed by atoms with E-state index in [0.29, 0.717) is 22.7 Å². The number of halogens is 1. The number of hydrogen-bond donors (Lipinski definition) is 1. The molecule has 1 aliphatic carbocycles. The number of benzene rings is 2. The van der Waals surface area contributed by atoms with Gasteiger partial charge in [-0.2, -0.15) is 0 Å². The predicted octanol–water partition coefficient (Wildman–Crippen LogP) is 4.28. The molecule has 0 aromatic heterocycles. The summed E-state index contributed by atoms with van der Waals surface area (Å²) in [5, 5.41) is 3.57. The molecule has 1 fully saturated rings. The zero-order valence-corrected chi connectivity index (χ0v) is 22.1. The summed E-state index contributed by atoms with van der Waals surface area (Å²) in [6, 6.07) is 13.4. The Labute approximate surface area is 213 Å². The maximum Gasteiger partial charge on any atom is 0.244 e. The van der Waals surface area contributed by atoms with Gasteiger partial charge in [0.15, 0.2) is 0 Å². The number of carbonyl (C=O) groups is 2. The molecule has 3 rings (SSSR count). The lowest BCUT2D eigenvalue weighted by Crippen LogP contribution is -2.53. The van der Waals surface area contributed by atoms with Crippen molar-refractivity contribution in [3.63, 3.8) is 0 Å². The third kappa shape index (κ3) is 7.21. The Morgan fingerprint density at radius 1 is 1.09 bits per heavy atom. The van der Waals surface area contributed by atoms with Gasteiger partial charge in [-0.1, -0.05) is 67.3 Å². The largest absolute Gasteiger partial charge is 0.352 e. The average molecular weight is 520 g/mol. The van der Waals surface area contributed by atoms with Gasteiger partial charge in [0.25, 0.3) is 0 Å². The van der Waals surface area contributed by atoms with Crippen LogP contribution in [0.2, 0.25) is 5.02 Å². The van der Waals surface area contributed by atoms with Crippen LogP contribution in [0, 0.1) is 6.92 Å². The predicted molar refractivity (Wildman–Crippen MR) is 140 cm³/mol. The number of rotatable bonds is 10. The van der Waals surface area contributed by atoms with Gasteiger partial charge in [-0.3, -0.25) is 13.9 Å². The fourth-order valence-corrected chi connectivity index (χ4v) is 5.47. The highest BCUT2D eigenvalue weighted by atomic mass is 35.5. The summed E-state index contributed by atoms with van der Waals surface area (Å²) in [7, 11) is -3.75. The van der Waals surface area contributed by atoms with Crippen LogP contribution in [0.15, 0.2) is 48.5 Å². The fourth-order valence-electron chi connectivity index (χ4n) is 4.42. The topological polar surface area (TPSA) is 86.8 Å². The zero-order valence-electron chi connectivity index (χ0n) is 20.5. The van der Waals surface area contributed by atoms with Crippen molar-refractivity contribution in [1.82, 2.24) is 10.2 Å². The molecule has 1 saturated carbocycles. The maximum atomic E-state index is 13.7. The van der Waals surface area contributed by atoms with E-state index in [-0.39, 0.29) is 18.5 Å². The summed E-state index contributed by atoms with van der Waals surface area (Å²) in [5.41, 5.74) is 2.06. The lowest BCUT2D eigenvalue weighted by atomic mass is 10.1. The molecule has 0 unspecified atom stereocenters. The molecule has 2 amide bonds. The van der Waals surface area contributed by atoms with Crippen LogP contribution in [-0.4, -0.2) is 50.0 Å². The second kappa shape index (κ2) is 11.9. The van der Waals surface area contributed by atoms with E-state index < -0.39 is 28.5 Å². The van der Waals surface area contributed by atoms with E-state index in [1.165, 1.54) is 4.90 Å². The highest BCUT2D eigenvalue weighted by Gasteiger charge is 2.33. The lowest BCUT2D eigenvalue weighted by Gasteiger charge is -2.33. The van der Waals surface area contributed by atoms with Crippen molar-refractivity contribution in [3.8, 4) is 0 Å². The van der Waals surface area contributed by atoms with Crippen molar-refractivity contribution in [2.45, 2.75) is 64.6 Å². The molecule has 0 saturated heterocycles. The number of nitrogens with zero attached hydrogens (tertiary/aromatic N) is 2. The number of aryl methyl sites for hydroxylation is 1. The fraction of sp³-hybridized carbons (Fsp3) is 0.462. The minimum Gasteiger partial charge on any atom is -0.352 e. The Hall–Kier alpha value is -2.58. The number of sulfonamides is 1. The van der Waals surface area contributed by atoms with Crippen LogP contribution in [0.5, 0.6) is 0 Å². The van der Waals surface area contributed by atoms with E-state index in [2.05, 4.69) is 5.32 Å². The van der Waals surface area contributed by atoms with Crippen LogP contribution in [0.1, 0.15) is 50.2 Å². The Morgan fingerprint density at radius 3 is 2.29 bits per heavy atom. The van der Waals surface area contributed by atoms with Crippen molar-refractivity contribution in [2.75, 3.05) is 17.1 Å². The van der Waals surface area contributed by atoms with Gasteiger partial charge < -0.3 is 10.2 Å².